The summed E-state index contributed by atoms with van der Waals surface area (Å²) in [6.45, 7) is 2.15. The number of rotatable bonds is 5. The fraction of sp³-hybridized carbons (Fsp3) is 0.0444. The molecule has 430 valence electrons. The zero-order chi connectivity index (χ0) is 60.7. The molecule has 2 nitrogen and oxygen atoms in total. The second-order valence-electron chi connectivity index (χ2n) is 25.4. The summed E-state index contributed by atoms with van der Waals surface area (Å²) < 4.78 is 7.05. The Morgan fingerprint density at radius 3 is 1.12 bits per heavy atom. The quantitative estimate of drug-likeness (QED) is 0.185. The van der Waals surface area contributed by atoms with E-state index in [-0.39, 0.29) is 5.41 Å². The van der Waals surface area contributed by atoms with Crippen molar-refractivity contribution >= 4 is 32.9 Å². The first-order valence-electron chi connectivity index (χ1n) is 32.1. The molecule has 0 amide bonds. The number of hydrogen-bond acceptors (Lipinski definition) is 2. The van der Waals surface area contributed by atoms with Crippen LogP contribution in [0.25, 0.3) is 77.2 Å². The SMILES string of the molecule is Cc1ccc(-c2cccc3c2-c2ccccc2C32c3ccc4ccccc4c3Oc3c2ccc2ccccc32)cc1.c1ccc(C2(c3ccccc3)c3ccccc3-c3ccc(Nc4ccc5c(c4)C4(c6ccccc6-c6ccccc64)c4ccccc4-5)cc32)cc1. The van der Waals surface area contributed by atoms with Gasteiger partial charge in [0.05, 0.1) is 16.2 Å². The van der Waals surface area contributed by atoms with Crippen molar-refractivity contribution in [2.75, 3.05) is 5.32 Å². The maximum Gasteiger partial charge on any atom is 0.140 e. The molecule has 0 unspecified atom stereocenters. The van der Waals surface area contributed by atoms with Gasteiger partial charge in [-0.25, -0.2) is 0 Å². The Kier molecular flexibility index (Phi) is 11.4. The molecule has 0 saturated heterocycles. The van der Waals surface area contributed by atoms with Crippen LogP contribution in [-0.4, -0.2) is 0 Å². The molecule has 5 aliphatic rings. The van der Waals surface area contributed by atoms with Gasteiger partial charge in [0.2, 0.25) is 0 Å². The summed E-state index contributed by atoms with van der Waals surface area (Å²) in [5.41, 5.74) is 30.7. The molecule has 2 heteroatoms. The summed E-state index contributed by atoms with van der Waals surface area (Å²) >= 11 is 0. The zero-order valence-electron chi connectivity index (χ0n) is 50.7. The van der Waals surface area contributed by atoms with Crippen molar-refractivity contribution in [3.05, 3.63) is 406 Å². The Morgan fingerprint density at radius 2 is 0.620 bits per heavy atom. The van der Waals surface area contributed by atoms with Crippen molar-refractivity contribution in [1.29, 1.82) is 0 Å². The summed E-state index contributed by atoms with van der Waals surface area (Å²) in [5.74, 6) is 1.91. The van der Waals surface area contributed by atoms with Crippen LogP contribution < -0.4 is 10.1 Å². The minimum Gasteiger partial charge on any atom is -0.455 e. The standard InChI is InChI=1S/C50H33N.C40H26O/c1-3-15-33(16-4-1)49(34-17-5-2-6-18-34)43-23-11-7-21-39(43)41-29-27-35(31-47(41)49)51-36-28-30-42-40-22-10-14-26-46(40)50(48(42)32-36)44-24-12-8-19-37(44)38-20-9-13-25-45(38)50;1-25-17-19-28(20-18-25)29-14-8-16-34-37(29)32-13-6-7-15-33(32)40(34)35-23-21-26-9-2-4-11-30(26)38(35)41-39-31-12-5-3-10-27(31)22-24-36(39)40/h1-32,51H;2-24H,1H3. The van der Waals surface area contributed by atoms with Crippen LogP contribution in [0.1, 0.15) is 72.3 Å². The highest BCUT2D eigenvalue weighted by molar-refractivity contribution is 6.03. The van der Waals surface area contributed by atoms with Crippen molar-refractivity contribution < 1.29 is 4.74 Å². The second-order valence-corrected chi connectivity index (χ2v) is 25.4. The third kappa shape index (κ3) is 7.09. The minimum absolute atomic E-state index is 0.369. The number of benzene rings is 15. The molecule has 0 fully saturated rings. The summed E-state index contributed by atoms with van der Waals surface area (Å²) in [6.07, 6.45) is 0. The van der Waals surface area contributed by atoms with Crippen molar-refractivity contribution in [3.63, 3.8) is 0 Å². The van der Waals surface area contributed by atoms with E-state index in [0.717, 1.165) is 33.6 Å². The lowest BCUT2D eigenvalue weighted by atomic mass is 9.65. The van der Waals surface area contributed by atoms with E-state index in [1.165, 1.54) is 139 Å². The fourth-order valence-electron chi connectivity index (χ4n) is 17.3. The first-order chi connectivity index (χ1) is 45.5. The molecular formula is C90H59NO. The van der Waals surface area contributed by atoms with Gasteiger partial charge in [-0.3, -0.25) is 0 Å². The molecule has 0 atom stereocenters. The van der Waals surface area contributed by atoms with Crippen molar-refractivity contribution in [3.8, 4) is 67.1 Å². The molecule has 92 heavy (non-hydrogen) atoms. The van der Waals surface area contributed by atoms with Crippen LogP contribution in [0.4, 0.5) is 11.4 Å². The normalized spacial score (nSPS) is 14.3. The lowest BCUT2D eigenvalue weighted by Crippen LogP contribution is -2.32. The lowest BCUT2D eigenvalue weighted by Gasteiger charge is -2.40. The third-order valence-corrected chi connectivity index (χ3v) is 20.9. The highest BCUT2D eigenvalue weighted by Gasteiger charge is 2.54. The summed E-state index contributed by atoms with van der Waals surface area (Å²) in [5, 5.41) is 8.57. The number of anilines is 2. The van der Waals surface area contributed by atoms with E-state index in [0.29, 0.717) is 0 Å². The molecule has 20 rings (SSSR count). The molecule has 0 saturated carbocycles. The molecular weight excluding hydrogens is 1110 g/mol. The molecule has 1 N–H and O–H groups in total. The predicted octanol–water partition coefficient (Wildman–Crippen LogP) is 22.6. The molecule has 2 spiro atoms. The highest BCUT2D eigenvalue weighted by atomic mass is 16.5. The summed E-state index contributed by atoms with van der Waals surface area (Å²) in [7, 11) is 0. The van der Waals surface area contributed by atoms with Gasteiger partial charge in [0, 0.05) is 33.3 Å². The summed E-state index contributed by atoms with van der Waals surface area (Å²) in [6, 6.07) is 123. The predicted molar refractivity (Wildman–Crippen MR) is 379 cm³/mol. The van der Waals surface area contributed by atoms with E-state index >= 15 is 0 Å². The maximum atomic E-state index is 7.05. The first-order valence-corrected chi connectivity index (χ1v) is 32.1. The number of ether oxygens (including phenoxy) is 1. The molecule has 0 bridgehead atoms. The van der Waals surface area contributed by atoms with Crippen LogP contribution in [0.5, 0.6) is 11.5 Å². The van der Waals surface area contributed by atoms with Gasteiger partial charge in [-0.15, -0.1) is 0 Å². The Morgan fingerprint density at radius 1 is 0.250 bits per heavy atom. The van der Waals surface area contributed by atoms with E-state index in [9.17, 15) is 0 Å². The molecule has 15 aromatic rings. The topological polar surface area (TPSA) is 21.3 Å². The largest absolute Gasteiger partial charge is 0.455 e. The van der Waals surface area contributed by atoms with Crippen LogP contribution in [0.15, 0.2) is 334 Å². The van der Waals surface area contributed by atoms with Gasteiger partial charge in [0.15, 0.2) is 0 Å². The average Bonchev–Trinajstić information content (AvgIpc) is 1.42. The summed E-state index contributed by atoms with van der Waals surface area (Å²) in [4.78, 5) is 0. The van der Waals surface area contributed by atoms with E-state index in [1.54, 1.807) is 0 Å². The molecule has 15 aromatic carbocycles. The maximum absolute atomic E-state index is 7.05. The Bertz CT molecular complexity index is 5250. The Hall–Kier alpha value is -11.6. The molecule has 4 aliphatic carbocycles. The van der Waals surface area contributed by atoms with E-state index in [1.807, 2.05) is 0 Å². The lowest BCUT2D eigenvalue weighted by molar-refractivity contribution is 0.447. The van der Waals surface area contributed by atoms with Crippen LogP contribution in [0.3, 0.4) is 0 Å². The average molecular weight is 1170 g/mol. The monoisotopic (exact) mass is 1170 g/mol. The smallest absolute Gasteiger partial charge is 0.140 e. The van der Waals surface area contributed by atoms with Gasteiger partial charge in [-0.2, -0.15) is 0 Å². The number of fused-ring (bicyclic) bond motifs is 26. The first kappa shape index (κ1) is 52.4. The third-order valence-electron chi connectivity index (χ3n) is 20.9. The zero-order valence-corrected chi connectivity index (χ0v) is 50.7. The fourth-order valence-corrected chi connectivity index (χ4v) is 17.3. The van der Waals surface area contributed by atoms with Crippen molar-refractivity contribution in [2.24, 2.45) is 0 Å². The molecule has 1 aliphatic heterocycles. The van der Waals surface area contributed by atoms with Gasteiger partial charge in [0.25, 0.3) is 0 Å². The Labute approximate surface area is 536 Å². The number of aryl methyl sites for hydroxylation is 1. The van der Waals surface area contributed by atoms with Crippen molar-refractivity contribution in [2.45, 2.75) is 23.2 Å². The molecule has 0 radical (unpaired) electrons. The molecule has 0 aromatic heterocycles. The van der Waals surface area contributed by atoms with Gasteiger partial charge in [0.1, 0.15) is 11.5 Å². The van der Waals surface area contributed by atoms with Gasteiger partial charge in [-0.05, 0) is 153 Å². The van der Waals surface area contributed by atoms with E-state index in [2.05, 4.69) is 346 Å². The second kappa shape index (κ2) is 20.0. The highest BCUT2D eigenvalue weighted by Crippen LogP contribution is 2.67. The number of nitrogens with one attached hydrogen (secondary N) is 1. The minimum atomic E-state index is -0.510. The van der Waals surface area contributed by atoms with Crippen LogP contribution in [-0.2, 0) is 16.2 Å². The van der Waals surface area contributed by atoms with E-state index in [4.69, 9.17) is 4.74 Å². The van der Waals surface area contributed by atoms with Gasteiger partial charge >= 0.3 is 0 Å². The van der Waals surface area contributed by atoms with Crippen molar-refractivity contribution in [1.82, 2.24) is 0 Å². The van der Waals surface area contributed by atoms with Crippen LogP contribution in [0.2, 0.25) is 0 Å². The van der Waals surface area contributed by atoms with Gasteiger partial charge < -0.3 is 10.1 Å². The Balaban J connectivity index is 0.000000135. The van der Waals surface area contributed by atoms with Crippen LogP contribution >= 0.6 is 0 Å². The van der Waals surface area contributed by atoms with Crippen LogP contribution in [0, 0.1) is 6.92 Å². The van der Waals surface area contributed by atoms with Gasteiger partial charge in [-0.1, -0.05) is 315 Å². The van der Waals surface area contributed by atoms with E-state index < -0.39 is 10.8 Å². The number of hydrogen-bond donors (Lipinski definition) is 1. The molecule has 1 heterocycles.